The lowest BCUT2D eigenvalue weighted by Gasteiger charge is -2.23. The van der Waals surface area contributed by atoms with Crippen molar-refractivity contribution in [3.8, 4) is 0 Å². The second kappa shape index (κ2) is 5.49. The zero-order valence-electron chi connectivity index (χ0n) is 12.0. The van der Waals surface area contributed by atoms with Gasteiger partial charge in [0.15, 0.2) is 0 Å². The van der Waals surface area contributed by atoms with E-state index < -0.39 is 0 Å². The van der Waals surface area contributed by atoms with Crippen molar-refractivity contribution in [3.63, 3.8) is 0 Å². The third-order valence-corrected chi connectivity index (χ3v) is 5.59. The van der Waals surface area contributed by atoms with Crippen molar-refractivity contribution in [2.24, 2.45) is 11.8 Å². The summed E-state index contributed by atoms with van der Waals surface area (Å²) in [5.74, 6) is 1.44. The van der Waals surface area contributed by atoms with Gasteiger partial charge in [-0.25, -0.2) is 0 Å². The van der Waals surface area contributed by atoms with E-state index in [-0.39, 0.29) is 11.5 Å². The molecule has 2 aliphatic rings. The van der Waals surface area contributed by atoms with Crippen molar-refractivity contribution in [2.45, 2.75) is 31.8 Å². The number of nitrogens with one attached hydrogen (secondary N) is 1. The molecule has 1 heterocycles. The zero-order chi connectivity index (χ0) is 14.3. The Morgan fingerprint density at radius 2 is 1.95 bits per heavy atom. The number of fused-ring (bicyclic) bond motifs is 1. The Bertz CT molecular complexity index is 493. The van der Waals surface area contributed by atoms with Crippen LogP contribution in [0.25, 0.3) is 0 Å². The van der Waals surface area contributed by atoms with Crippen molar-refractivity contribution < 1.29 is 4.74 Å². The lowest BCUT2D eigenvalue weighted by molar-refractivity contribution is 0.0694. The smallest absolute Gasteiger partial charge is 0.0595 e. The van der Waals surface area contributed by atoms with E-state index in [0.29, 0.717) is 10.0 Å². The van der Waals surface area contributed by atoms with Crippen LogP contribution in [0.3, 0.4) is 0 Å². The molecule has 2 nitrogen and oxygen atoms in total. The average molecular weight is 314 g/mol. The van der Waals surface area contributed by atoms with E-state index in [4.69, 9.17) is 27.9 Å². The summed E-state index contributed by atoms with van der Waals surface area (Å²) in [5.41, 5.74) is 1.57. The zero-order valence-corrected chi connectivity index (χ0v) is 13.5. The van der Waals surface area contributed by atoms with Crippen LogP contribution in [0.4, 0.5) is 0 Å². The SMILES string of the molecule is CC(C)OCC[C@]1(c2ccc(Cl)c(Cl)c2)[C@@H]2CNC[C@@H]21. The van der Waals surface area contributed by atoms with Gasteiger partial charge in [0.1, 0.15) is 0 Å². The van der Waals surface area contributed by atoms with Gasteiger partial charge in [-0.2, -0.15) is 0 Å². The maximum absolute atomic E-state index is 6.21. The highest BCUT2D eigenvalue weighted by molar-refractivity contribution is 6.42. The Kier molecular flexibility index (Phi) is 4.02. The molecule has 1 aliphatic carbocycles. The van der Waals surface area contributed by atoms with Gasteiger partial charge in [-0.1, -0.05) is 29.3 Å². The molecule has 1 aromatic carbocycles. The summed E-state index contributed by atoms with van der Waals surface area (Å²) >= 11 is 12.3. The van der Waals surface area contributed by atoms with Gasteiger partial charge < -0.3 is 10.1 Å². The quantitative estimate of drug-likeness (QED) is 0.890. The molecule has 3 atom stereocenters. The fourth-order valence-corrected chi connectivity index (χ4v) is 4.14. The van der Waals surface area contributed by atoms with Crippen LogP contribution in [0.1, 0.15) is 25.8 Å². The van der Waals surface area contributed by atoms with Crippen LogP contribution in [-0.2, 0) is 10.2 Å². The molecule has 0 aromatic heterocycles. The molecule has 110 valence electrons. The Morgan fingerprint density at radius 3 is 2.55 bits per heavy atom. The van der Waals surface area contributed by atoms with Gasteiger partial charge in [-0.15, -0.1) is 0 Å². The number of hydrogen-bond donors (Lipinski definition) is 1. The van der Waals surface area contributed by atoms with E-state index in [1.54, 1.807) is 0 Å². The monoisotopic (exact) mass is 313 g/mol. The average Bonchev–Trinajstić information content (AvgIpc) is 2.79. The van der Waals surface area contributed by atoms with Gasteiger partial charge in [-0.3, -0.25) is 0 Å². The molecule has 0 radical (unpaired) electrons. The van der Waals surface area contributed by atoms with Crippen molar-refractivity contribution in [1.29, 1.82) is 0 Å². The molecule has 1 aromatic rings. The van der Waals surface area contributed by atoms with Gasteiger partial charge in [0.2, 0.25) is 0 Å². The van der Waals surface area contributed by atoms with E-state index in [1.807, 2.05) is 6.07 Å². The normalized spacial score (nSPS) is 31.6. The minimum Gasteiger partial charge on any atom is -0.379 e. The standard InChI is InChI=1S/C16H21Cl2NO/c1-10(2)20-6-5-16(12-8-19-9-13(12)16)11-3-4-14(17)15(18)7-11/h3-4,7,10,12-13,19H,5-6,8-9H2,1-2H3/t12-,13+,16+. The number of ether oxygens (including phenoxy) is 1. The highest BCUT2D eigenvalue weighted by Gasteiger charge is 2.66. The Labute approximate surface area is 130 Å². The second-order valence-corrected chi connectivity index (χ2v) is 7.02. The lowest BCUT2D eigenvalue weighted by Crippen LogP contribution is -2.27. The minimum atomic E-state index is 0.244. The summed E-state index contributed by atoms with van der Waals surface area (Å²) in [6.07, 6.45) is 1.36. The van der Waals surface area contributed by atoms with E-state index in [9.17, 15) is 0 Å². The maximum Gasteiger partial charge on any atom is 0.0595 e. The number of halogens is 2. The predicted molar refractivity (Wildman–Crippen MR) is 83.7 cm³/mol. The van der Waals surface area contributed by atoms with E-state index in [1.165, 1.54) is 5.56 Å². The molecule has 0 unspecified atom stereocenters. The van der Waals surface area contributed by atoms with Crippen molar-refractivity contribution in [2.75, 3.05) is 19.7 Å². The fraction of sp³-hybridized carbons (Fsp3) is 0.625. The highest BCUT2D eigenvalue weighted by Crippen LogP contribution is 2.64. The lowest BCUT2D eigenvalue weighted by atomic mass is 9.87. The molecule has 3 rings (SSSR count). The van der Waals surface area contributed by atoms with Gasteiger partial charge in [0.05, 0.1) is 16.1 Å². The van der Waals surface area contributed by atoms with Gasteiger partial charge in [0.25, 0.3) is 0 Å². The van der Waals surface area contributed by atoms with Crippen LogP contribution < -0.4 is 5.32 Å². The molecule has 4 heteroatoms. The number of rotatable bonds is 5. The van der Waals surface area contributed by atoms with E-state index in [2.05, 4.69) is 31.3 Å². The summed E-state index contributed by atoms with van der Waals surface area (Å²) in [6.45, 7) is 7.19. The van der Waals surface area contributed by atoms with Crippen molar-refractivity contribution >= 4 is 23.2 Å². The van der Waals surface area contributed by atoms with Crippen molar-refractivity contribution in [1.82, 2.24) is 5.32 Å². The molecular weight excluding hydrogens is 293 g/mol. The summed E-state index contributed by atoms with van der Waals surface area (Å²) in [6, 6.07) is 6.12. The van der Waals surface area contributed by atoms with Crippen LogP contribution in [0.5, 0.6) is 0 Å². The summed E-state index contributed by atoms with van der Waals surface area (Å²) < 4.78 is 5.78. The van der Waals surface area contributed by atoms with Crippen LogP contribution in [-0.4, -0.2) is 25.8 Å². The molecule has 0 amide bonds. The van der Waals surface area contributed by atoms with Crippen LogP contribution in [0, 0.1) is 11.8 Å². The topological polar surface area (TPSA) is 21.3 Å². The molecule has 1 aliphatic heterocycles. The number of hydrogen-bond acceptors (Lipinski definition) is 2. The first kappa shape index (κ1) is 14.6. The first-order valence-corrected chi connectivity index (χ1v) is 8.09. The Balaban J connectivity index is 1.82. The third kappa shape index (κ3) is 2.37. The van der Waals surface area contributed by atoms with Crippen LogP contribution in [0.2, 0.25) is 10.0 Å². The second-order valence-electron chi connectivity index (χ2n) is 6.21. The third-order valence-electron chi connectivity index (χ3n) is 4.85. The largest absolute Gasteiger partial charge is 0.379 e. The molecule has 20 heavy (non-hydrogen) atoms. The molecule has 0 bridgehead atoms. The molecule has 1 saturated carbocycles. The summed E-state index contributed by atoms with van der Waals surface area (Å²) in [5, 5.41) is 4.76. The first-order chi connectivity index (χ1) is 9.55. The molecule has 0 spiro atoms. The van der Waals surface area contributed by atoms with Crippen LogP contribution in [0.15, 0.2) is 18.2 Å². The number of piperidine rings is 1. The van der Waals surface area contributed by atoms with Crippen molar-refractivity contribution in [3.05, 3.63) is 33.8 Å². The van der Waals surface area contributed by atoms with Gasteiger partial charge >= 0.3 is 0 Å². The minimum absolute atomic E-state index is 0.244. The Hall–Kier alpha value is -0.280. The molecule has 1 N–H and O–H groups in total. The van der Waals surface area contributed by atoms with Gasteiger partial charge in [0, 0.05) is 12.0 Å². The fourth-order valence-electron chi connectivity index (χ4n) is 3.84. The molecular formula is C16H21Cl2NO. The first-order valence-electron chi connectivity index (χ1n) is 7.33. The van der Waals surface area contributed by atoms with E-state index >= 15 is 0 Å². The maximum atomic E-state index is 6.21. The Morgan fingerprint density at radius 1 is 1.25 bits per heavy atom. The predicted octanol–water partition coefficient (Wildman–Crippen LogP) is 3.90. The highest BCUT2D eigenvalue weighted by atomic mass is 35.5. The van der Waals surface area contributed by atoms with Gasteiger partial charge in [-0.05, 0) is 62.9 Å². The van der Waals surface area contributed by atoms with Crippen LogP contribution >= 0.6 is 23.2 Å². The molecule has 2 fully saturated rings. The summed E-state index contributed by atoms with van der Waals surface area (Å²) in [4.78, 5) is 0. The van der Waals surface area contributed by atoms with E-state index in [0.717, 1.165) is 38.0 Å². The molecule has 1 saturated heterocycles. The number of benzene rings is 1. The summed E-state index contributed by atoms with van der Waals surface area (Å²) in [7, 11) is 0.